The number of aliphatic hydroxyl groups is 7. The molecule has 6 amide bonds. The number of hydrogen-bond acceptors (Lipinski definition) is 17. The molecule has 0 unspecified atom stereocenters. The van der Waals surface area contributed by atoms with Crippen molar-refractivity contribution in [1.82, 2.24) is 31.1 Å². The highest BCUT2D eigenvalue weighted by atomic mass is 16.5. The third kappa shape index (κ3) is 20.7. The number of unbranched alkanes of at least 4 members (excludes halogenated alkanes) is 5. The van der Waals surface area contributed by atoms with Gasteiger partial charge in [-0.2, -0.15) is 0 Å². The molecule has 0 bridgehead atoms. The second kappa shape index (κ2) is 33.7. The van der Waals surface area contributed by atoms with Gasteiger partial charge in [0.1, 0.15) is 54.3 Å². The summed E-state index contributed by atoms with van der Waals surface area (Å²) >= 11 is 0. The summed E-state index contributed by atoms with van der Waals surface area (Å²) in [4.78, 5) is 98.6. The van der Waals surface area contributed by atoms with Crippen molar-refractivity contribution in [2.45, 2.75) is 224 Å². The molecule has 2 heterocycles. The molecule has 0 radical (unpaired) electrons. The number of rotatable bonds is 35. The molecule has 14 N–H and O–H groups in total. The van der Waals surface area contributed by atoms with Gasteiger partial charge in [-0.25, -0.2) is 0 Å². The van der Waals surface area contributed by atoms with Crippen LogP contribution in [-0.4, -0.2) is 191 Å². The van der Waals surface area contributed by atoms with Gasteiger partial charge in [-0.3, -0.25) is 33.6 Å². The first kappa shape index (κ1) is 67.4. The number of ether oxygens (including phenoxy) is 1. The highest BCUT2D eigenvalue weighted by Crippen LogP contribution is 2.27. The highest BCUT2D eigenvalue weighted by molar-refractivity contribution is 5.96. The second-order valence-corrected chi connectivity index (χ2v) is 21.7. The lowest BCUT2D eigenvalue weighted by Crippen LogP contribution is -2.61. The highest BCUT2D eigenvalue weighted by Gasteiger charge is 2.47. The van der Waals surface area contributed by atoms with E-state index in [1.165, 1.54) is 37.6 Å². The number of amides is 6. The summed E-state index contributed by atoms with van der Waals surface area (Å²) in [5.41, 5.74) is 5.83. The quantitative estimate of drug-likeness (QED) is 0.0321. The SMILES string of the molecule is CCC[C@@H](O)[C@H](C)C(=O)N1CC[C@H](O)[C@H]1C(=O)N[C@H](OCCN)[C@H](O)C[C@H](NC(=O)CCCCCCCC[C@@H](C)C[C@@H](C)CC)C(=O)N[C@H](C(=O)N1C[C@H](O)C[C@H]1C(=O)N[C@H](C(C)=O)[C@H](O)[C@@H](O)c1ccc(O)cc1)[C@@H](C)O. The van der Waals surface area contributed by atoms with Gasteiger partial charge in [0.15, 0.2) is 12.0 Å². The van der Waals surface area contributed by atoms with Gasteiger partial charge in [0.05, 0.1) is 36.9 Å². The van der Waals surface area contributed by atoms with E-state index in [0.29, 0.717) is 37.5 Å². The first-order valence-corrected chi connectivity index (χ1v) is 28.1. The average molecular weight is 1110 g/mol. The number of nitrogens with zero attached hydrogens (tertiary/aromatic N) is 2. The van der Waals surface area contributed by atoms with Crippen LogP contribution in [0.4, 0.5) is 0 Å². The fourth-order valence-electron chi connectivity index (χ4n) is 10.2. The van der Waals surface area contributed by atoms with E-state index >= 15 is 0 Å². The van der Waals surface area contributed by atoms with E-state index in [-0.39, 0.29) is 50.3 Å². The molecule has 0 saturated carbocycles. The predicted octanol–water partition coefficient (Wildman–Crippen LogP) is 0.293. The third-order valence-electron chi connectivity index (χ3n) is 15.0. The van der Waals surface area contributed by atoms with Crippen molar-refractivity contribution < 1.29 is 79.2 Å². The lowest BCUT2D eigenvalue weighted by atomic mass is 9.91. The standard InChI is InChI=1S/C55H93N7O16/c1-8-16-41(67)33(5)54(76)61-25-23-42(68)47(61)52(75)60-53(78-26-24-56)43(69)29-39(57-44(70)18-15-13-11-10-12-14-17-32(4)27-31(3)9-2)50(73)59-46(35(7)64)55(77)62-30-38(66)28-40(62)51(74)58-45(34(6)63)49(72)48(71)36-19-21-37(65)22-20-36/h19-22,31-33,35,38-43,45-49,53,64-69,71-72H,8-18,23-30,56H2,1-7H3,(H,57,70)(H,58,74)(H,59,73)(H,60,75)/t31-,32+,33-,35+,38+,39-,40-,41+,42-,43+,45+,46-,47-,48-,49-,53+/m0/s1. The van der Waals surface area contributed by atoms with Gasteiger partial charge in [0, 0.05) is 38.9 Å². The minimum Gasteiger partial charge on any atom is -0.508 e. The van der Waals surface area contributed by atoms with Crippen molar-refractivity contribution in [3.05, 3.63) is 29.8 Å². The zero-order chi connectivity index (χ0) is 58.4. The maximum absolute atomic E-state index is 14.4. The van der Waals surface area contributed by atoms with Crippen LogP contribution in [-0.2, 0) is 38.3 Å². The smallest absolute Gasteiger partial charge is 0.248 e. The van der Waals surface area contributed by atoms with Crippen molar-refractivity contribution in [2.24, 2.45) is 23.5 Å². The molecule has 0 aromatic heterocycles. The van der Waals surface area contributed by atoms with Gasteiger partial charge < -0.3 is 82.4 Å². The van der Waals surface area contributed by atoms with Crippen molar-refractivity contribution in [2.75, 3.05) is 26.2 Å². The summed E-state index contributed by atoms with van der Waals surface area (Å²) in [5.74, 6) is -5.80. The van der Waals surface area contributed by atoms with E-state index in [9.17, 15) is 74.4 Å². The Morgan fingerprint density at radius 3 is 1.99 bits per heavy atom. The maximum Gasteiger partial charge on any atom is 0.248 e. The number of likely N-dealkylation sites (tertiary alicyclic amines) is 2. The lowest BCUT2D eigenvalue weighted by molar-refractivity contribution is -0.149. The second-order valence-electron chi connectivity index (χ2n) is 21.7. The van der Waals surface area contributed by atoms with Crippen LogP contribution in [0.25, 0.3) is 0 Å². The van der Waals surface area contributed by atoms with E-state index in [1.54, 1.807) is 0 Å². The number of phenols is 1. The molecule has 2 saturated heterocycles. The lowest BCUT2D eigenvalue weighted by Gasteiger charge is -2.33. The Bertz CT molecular complexity index is 2050. The maximum atomic E-state index is 14.4. The van der Waals surface area contributed by atoms with Gasteiger partial charge >= 0.3 is 0 Å². The van der Waals surface area contributed by atoms with Gasteiger partial charge in [0.25, 0.3) is 0 Å². The first-order valence-electron chi connectivity index (χ1n) is 28.1. The number of benzene rings is 1. The fourth-order valence-corrected chi connectivity index (χ4v) is 10.2. The Morgan fingerprint density at radius 2 is 1.38 bits per heavy atom. The third-order valence-corrected chi connectivity index (χ3v) is 15.0. The summed E-state index contributed by atoms with van der Waals surface area (Å²) in [6.07, 6.45) is -3.95. The molecule has 0 aliphatic carbocycles. The Balaban J connectivity index is 1.85. The Hall–Kier alpha value is -4.85. The van der Waals surface area contributed by atoms with Crippen molar-refractivity contribution in [1.29, 1.82) is 0 Å². The minimum atomic E-state index is -1.91. The molecule has 444 valence electrons. The van der Waals surface area contributed by atoms with E-state index in [4.69, 9.17) is 10.5 Å². The van der Waals surface area contributed by atoms with Crippen LogP contribution in [0.2, 0.25) is 0 Å². The molecule has 3 rings (SSSR count). The monoisotopic (exact) mass is 1110 g/mol. The van der Waals surface area contributed by atoms with Crippen LogP contribution in [0.3, 0.4) is 0 Å². The van der Waals surface area contributed by atoms with Crippen LogP contribution in [0.5, 0.6) is 5.75 Å². The van der Waals surface area contributed by atoms with Crippen LogP contribution in [0, 0.1) is 17.8 Å². The van der Waals surface area contributed by atoms with E-state index in [2.05, 4.69) is 42.0 Å². The van der Waals surface area contributed by atoms with Crippen LogP contribution >= 0.6 is 0 Å². The Labute approximate surface area is 459 Å². The Morgan fingerprint density at radius 1 is 0.744 bits per heavy atom. The molecule has 23 heteroatoms. The number of aromatic hydroxyl groups is 1. The number of carbonyl (C=O) groups excluding carboxylic acids is 7. The zero-order valence-corrected chi connectivity index (χ0v) is 46.8. The predicted molar refractivity (Wildman–Crippen MR) is 287 cm³/mol. The number of phenolic OH excluding ortho intramolecular Hbond substituents is 1. The summed E-state index contributed by atoms with van der Waals surface area (Å²) in [5, 5.41) is 96.6. The van der Waals surface area contributed by atoms with Crippen molar-refractivity contribution >= 4 is 41.2 Å². The van der Waals surface area contributed by atoms with Crippen LogP contribution in [0.15, 0.2) is 24.3 Å². The van der Waals surface area contributed by atoms with Gasteiger partial charge in [0.2, 0.25) is 35.4 Å². The van der Waals surface area contributed by atoms with Crippen molar-refractivity contribution in [3.8, 4) is 5.75 Å². The Kier molecular flexibility index (Phi) is 29.1. The molecular weight excluding hydrogens is 1010 g/mol. The zero-order valence-electron chi connectivity index (χ0n) is 46.8. The summed E-state index contributed by atoms with van der Waals surface area (Å²) in [6.45, 7) is 11.5. The molecular formula is C55H93N7O16. The summed E-state index contributed by atoms with van der Waals surface area (Å²) in [6, 6.07) is -3.16. The van der Waals surface area contributed by atoms with Gasteiger partial charge in [-0.15, -0.1) is 0 Å². The van der Waals surface area contributed by atoms with Crippen LogP contribution in [0.1, 0.15) is 156 Å². The first-order chi connectivity index (χ1) is 36.9. The van der Waals surface area contributed by atoms with Gasteiger partial charge in [-0.05, 0) is 69.1 Å². The molecule has 2 aliphatic heterocycles. The van der Waals surface area contributed by atoms with E-state index in [0.717, 1.165) is 62.2 Å². The topological polar surface area (TPSA) is 371 Å². The number of aliphatic hydroxyl groups excluding tert-OH is 7. The molecule has 2 fully saturated rings. The van der Waals surface area contributed by atoms with E-state index in [1.807, 2.05) is 6.92 Å². The van der Waals surface area contributed by atoms with E-state index < -0.39 is 139 Å². The summed E-state index contributed by atoms with van der Waals surface area (Å²) in [7, 11) is 0. The number of hydrogen-bond donors (Lipinski definition) is 13. The number of ketones is 1. The number of nitrogens with one attached hydrogen (secondary N) is 4. The normalized spacial score (nSPS) is 22.1. The largest absolute Gasteiger partial charge is 0.508 e. The number of Topliss-reactive ketones (excluding diaryl/α,β-unsaturated/α-hetero) is 1. The molecule has 1 aromatic rings. The molecule has 2 aliphatic rings. The summed E-state index contributed by atoms with van der Waals surface area (Å²) < 4.78 is 5.74. The number of nitrogens with two attached hydrogens (primary N) is 1. The van der Waals surface area contributed by atoms with Gasteiger partial charge in [-0.1, -0.05) is 98.1 Å². The average Bonchev–Trinajstić information content (AvgIpc) is 4.00. The number of carbonyl (C=O) groups is 7. The fraction of sp³-hybridized carbons (Fsp3) is 0.764. The number of β-amino-alcohol motifs (C(OH)–C–C–N with tert-alkyl or cyclic N) is 1. The minimum absolute atomic E-state index is 0.0104. The molecule has 1 aromatic carbocycles. The molecule has 0 spiro atoms. The molecule has 23 nitrogen and oxygen atoms in total. The van der Waals surface area contributed by atoms with Crippen LogP contribution < -0.4 is 27.0 Å². The molecule has 16 atom stereocenters. The molecule has 78 heavy (non-hydrogen) atoms. The van der Waals surface area contributed by atoms with Crippen molar-refractivity contribution in [3.63, 3.8) is 0 Å².